The van der Waals surface area contributed by atoms with E-state index in [4.69, 9.17) is 22.1 Å². The first kappa shape index (κ1) is 23.3. The Bertz CT molecular complexity index is 1010. The number of hydrogen-bond acceptors (Lipinski definition) is 5. The van der Waals surface area contributed by atoms with Crippen molar-refractivity contribution >= 4 is 41.0 Å². The minimum absolute atomic E-state index is 0.177. The van der Waals surface area contributed by atoms with Gasteiger partial charge >= 0.3 is 5.97 Å². The number of nitrogens with two attached hydrogens (primary N) is 1. The second-order valence-electron chi connectivity index (χ2n) is 7.61. The molecule has 3 rings (SSSR count). The number of carbonyl (C=O) groups is 4. The number of ether oxygens (including phenoxy) is 1. The Kier molecular flexibility index (Phi) is 7.48. The van der Waals surface area contributed by atoms with Crippen LogP contribution in [-0.2, 0) is 14.3 Å². The van der Waals surface area contributed by atoms with Crippen LogP contribution in [0, 0.1) is 5.92 Å². The Hall–Kier alpha value is -3.39. The average Bonchev–Trinajstić information content (AvgIpc) is 2.79. The van der Waals surface area contributed by atoms with E-state index in [1.165, 1.54) is 31.2 Å². The van der Waals surface area contributed by atoms with Gasteiger partial charge in [0.25, 0.3) is 11.8 Å². The number of piperidine rings is 1. The van der Waals surface area contributed by atoms with Gasteiger partial charge in [-0.1, -0.05) is 11.6 Å². The number of nitrogens with zero attached hydrogens (tertiary/aromatic N) is 1. The fraction of sp³-hybridized carbons (Fsp3) is 0.304. The Morgan fingerprint density at radius 2 is 1.69 bits per heavy atom. The molecule has 2 aromatic rings. The highest BCUT2D eigenvalue weighted by atomic mass is 35.5. The van der Waals surface area contributed by atoms with Crippen LogP contribution in [0.25, 0.3) is 0 Å². The molecule has 1 heterocycles. The summed E-state index contributed by atoms with van der Waals surface area (Å²) < 4.78 is 5.35. The largest absolute Gasteiger partial charge is 0.452 e. The first-order valence-electron chi connectivity index (χ1n) is 10.2. The Balaban J connectivity index is 1.54. The van der Waals surface area contributed by atoms with Gasteiger partial charge in [0.15, 0.2) is 6.10 Å². The van der Waals surface area contributed by atoms with Gasteiger partial charge in [-0.25, -0.2) is 0 Å². The van der Waals surface area contributed by atoms with E-state index < -0.39 is 29.8 Å². The van der Waals surface area contributed by atoms with Crippen LogP contribution in [0.3, 0.4) is 0 Å². The average molecular weight is 458 g/mol. The summed E-state index contributed by atoms with van der Waals surface area (Å²) in [6.45, 7) is 2.25. The van der Waals surface area contributed by atoms with Crippen LogP contribution < -0.4 is 11.1 Å². The summed E-state index contributed by atoms with van der Waals surface area (Å²) in [6.07, 6.45) is 0.207. The lowest BCUT2D eigenvalue weighted by Gasteiger charge is -2.32. The molecule has 2 aromatic carbocycles. The number of hydrogen-bond donors (Lipinski definition) is 2. The van der Waals surface area contributed by atoms with Crippen molar-refractivity contribution in [2.24, 2.45) is 11.7 Å². The molecular formula is C23H24ClN3O5. The quantitative estimate of drug-likeness (QED) is 0.646. The number of esters is 1. The number of amides is 3. The molecule has 8 nitrogen and oxygen atoms in total. The maximum Gasteiger partial charge on any atom is 0.311 e. The first-order valence-corrected chi connectivity index (χ1v) is 10.6. The fourth-order valence-corrected chi connectivity index (χ4v) is 3.54. The zero-order chi connectivity index (χ0) is 23.3. The van der Waals surface area contributed by atoms with Crippen LogP contribution in [0.4, 0.5) is 5.69 Å². The maximum atomic E-state index is 12.7. The lowest BCUT2D eigenvalue weighted by atomic mass is 9.97. The maximum absolute atomic E-state index is 12.7. The molecule has 0 radical (unpaired) electrons. The van der Waals surface area contributed by atoms with Gasteiger partial charge in [0, 0.05) is 34.9 Å². The van der Waals surface area contributed by atoms with Gasteiger partial charge in [-0.3, -0.25) is 19.2 Å². The standard InChI is InChI=1S/C23H24ClN3O5/c1-14(21(29)26-19-10-6-15(7-11-19)20(25)28)32-23(31)17-3-2-12-27(13-17)22(30)16-4-8-18(24)9-5-16/h4-11,14,17H,2-3,12-13H2,1H3,(H2,25,28)(H,26,29). The molecule has 0 spiro atoms. The number of likely N-dealkylation sites (tertiary alicyclic amines) is 1. The van der Waals surface area contributed by atoms with Crippen molar-refractivity contribution < 1.29 is 23.9 Å². The summed E-state index contributed by atoms with van der Waals surface area (Å²) in [4.78, 5) is 50.5. The number of halogens is 1. The summed E-state index contributed by atoms with van der Waals surface area (Å²) in [6, 6.07) is 12.6. The number of anilines is 1. The van der Waals surface area contributed by atoms with Crippen LogP contribution in [-0.4, -0.2) is 47.8 Å². The van der Waals surface area contributed by atoms with Gasteiger partial charge in [0.1, 0.15) is 0 Å². The molecule has 0 bridgehead atoms. The minimum Gasteiger partial charge on any atom is -0.452 e. The summed E-state index contributed by atoms with van der Waals surface area (Å²) >= 11 is 5.87. The summed E-state index contributed by atoms with van der Waals surface area (Å²) in [5.74, 6) is -2.28. The lowest BCUT2D eigenvalue weighted by Crippen LogP contribution is -2.44. The van der Waals surface area contributed by atoms with Gasteiger partial charge in [-0.2, -0.15) is 0 Å². The molecule has 1 fully saturated rings. The number of nitrogens with one attached hydrogen (secondary N) is 1. The van der Waals surface area contributed by atoms with Gasteiger partial charge < -0.3 is 20.7 Å². The van der Waals surface area contributed by atoms with E-state index in [9.17, 15) is 19.2 Å². The number of primary amides is 1. The zero-order valence-electron chi connectivity index (χ0n) is 17.5. The summed E-state index contributed by atoms with van der Waals surface area (Å²) in [5, 5.41) is 3.17. The molecule has 1 saturated heterocycles. The molecule has 2 unspecified atom stereocenters. The molecule has 9 heteroatoms. The lowest BCUT2D eigenvalue weighted by molar-refractivity contribution is -0.158. The van der Waals surface area contributed by atoms with Crippen molar-refractivity contribution in [2.75, 3.05) is 18.4 Å². The first-order chi connectivity index (χ1) is 15.2. The minimum atomic E-state index is -1.03. The summed E-state index contributed by atoms with van der Waals surface area (Å²) in [7, 11) is 0. The SMILES string of the molecule is CC(OC(=O)C1CCCN(C(=O)c2ccc(Cl)cc2)C1)C(=O)Nc1ccc(C(N)=O)cc1. The normalized spacial score (nSPS) is 16.7. The second kappa shape index (κ2) is 10.3. The van der Waals surface area contributed by atoms with E-state index in [0.29, 0.717) is 41.2 Å². The number of carbonyl (C=O) groups excluding carboxylic acids is 4. The van der Waals surface area contributed by atoms with E-state index in [1.807, 2.05) is 0 Å². The Labute approximate surface area is 190 Å². The van der Waals surface area contributed by atoms with Crippen molar-refractivity contribution in [2.45, 2.75) is 25.9 Å². The highest BCUT2D eigenvalue weighted by Crippen LogP contribution is 2.21. The predicted octanol–water partition coefficient (Wildman–Crippen LogP) is 2.86. The van der Waals surface area contributed by atoms with E-state index in [-0.39, 0.29) is 12.5 Å². The highest BCUT2D eigenvalue weighted by molar-refractivity contribution is 6.30. The van der Waals surface area contributed by atoms with Crippen molar-refractivity contribution in [3.8, 4) is 0 Å². The Morgan fingerprint density at radius 3 is 2.31 bits per heavy atom. The van der Waals surface area contributed by atoms with Crippen LogP contribution in [0.5, 0.6) is 0 Å². The van der Waals surface area contributed by atoms with Crippen molar-refractivity contribution in [1.29, 1.82) is 0 Å². The molecule has 0 saturated carbocycles. The van der Waals surface area contributed by atoms with E-state index in [0.717, 1.165) is 0 Å². The zero-order valence-corrected chi connectivity index (χ0v) is 18.3. The molecule has 0 aromatic heterocycles. The number of rotatable bonds is 6. The predicted molar refractivity (Wildman–Crippen MR) is 119 cm³/mol. The van der Waals surface area contributed by atoms with Crippen molar-refractivity contribution in [1.82, 2.24) is 4.90 Å². The van der Waals surface area contributed by atoms with Crippen LogP contribution in [0.15, 0.2) is 48.5 Å². The summed E-state index contributed by atoms with van der Waals surface area (Å²) in [5.41, 5.74) is 6.45. The van der Waals surface area contributed by atoms with E-state index in [1.54, 1.807) is 29.2 Å². The molecule has 0 aliphatic carbocycles. The third kappa shape index (κ3) is 5.85. The second-order valence-corrected chi connectivity index (χ2v) is 8.04. The smallest absolute Gasteiger partial charge is 0.311 e. The van der Waals surface area contributed by atoms with Gasteiger partial charge in [-0.05, 0) is 68.3 Å². The third-order valence-corrected chi connectivity index (χ3v) is 5.48. The van der Waals surface area contributed by atoms with E-state index >= 15 is 0 Å². The topological polar surface area (TPSA) is 119 Å². The van der Waals surface area contributed by atoms with Crippen molar-refractivity contribution in [3.63, 3.8) is 0 Å². The highest BCUT2D eigenvalue weighted by Gasteiger charge is 2.31. The van der Waals surface area contributed by atoms with Crippen LogP contribution in [0.2, 0.25) is 5.02 Å². The van der Waals surface area contributed by atoms with Crippen LogP contribution in [0.1, 0.15) is 40.5 Å². The third-order valence-electron chi connectivity index (χ3n) is 5.23. The molecular weight excluding hydrogens is 434 g/mol. The molecule has 168 valence electrons. The number of benzene rings is 2. The molecule has 2 atom stereocenters. The van der Waals surface area contributed by atoms with Gasteiger partial charge in [0.2, 0.25) is 5.91 Å². The Morgan fingerprint density at radius 1 is 1.06 bits per heavy atom. The molecule has 1 aliphatic rings. The van der Waals surface area contributed by atoms with Gasteiger partial charge in [-0.15, -0.1) is 0 Å². The van der Waals surface area contributed by atoms with Crippen LogP contribution >= 0.6 is 11.6 Å². The van der Waals surface area contributed by atoms with E-state index in [2.05, 4.69) is 5.32 Å². The monoisotopic (exact) mass is 457 g/mol. The molecule has 3 amide bonds. The molecule has 1 aliphatic heterocycles. The molecule has 3 N–H and O–H groups in total. The molecule has 32 heavy (non-hydrogen) atoms. The van der Waals surface area contributed by atoms with Gasteiger partial charge in [0.05, 0.1) is 5.92 Å². The fourth-order valence-electron chi connectivity index (χ4n) is 3.41. The van der Waals surface area contributed by atoms with Crippen molar-refractivity contribution in [3.05, 3.63) is 64.7 Å².